The Kier molecular flexibility index (Phi) is 3.98. The Morgan fingerprint density at radius 2 is 2.21 bits per heavy atom. The minimum atomic E-state index is -4.43. The lowest BCUT2D eigenvalue weighted by molar-refractivity contribution is -0.141. The van der Waals surface area contributed by atoms with Crippen molar-refractivity contribution in [2.24, 2.45) is 5.92 Å². The first-order chi connectivity index (χ1) is 8.87. The van der Waals surface area contributed by atoms with Crippen LogP contribution in [0.1, 0.15) is 12.8 Å². The predicted molar refractivity (Wildman–Crippen MR) is 60.2 cm³/mol. The summed E-state index contributed by atoms with van der Waals surface area (Å²) in [5.41, 5.74) is 0. The maximum atomic E-state index is 12.0. The minimum Gasteiger partial charge on any atom is -0.345 e. The van der Waals surface area contributed by atoms with Crippen molar-refractivity contribution in [2.75, 3.05) is 26.2 Å². The summed E-state index contributed by atoms with van der Waals surface area (Å²) in [5.74, 6) is -1.05. The molecule has 2 heterocycles. The number of hydrogen-bond acceptors (Lipinski definition) is 3. The van der Waals surface area contributed by atoms with E-state index in [9.17, 15) is 22.8 Å². The molecule has 0 saturated carbocycles. The molecule has 0 aromatic heterocycles. The van der Waals surface area contributed by atoms with Gasteiger partial charge in [-0.3, -0.25) is 9.59 Å². The molecule has 2 saturated heterocycles. The van der Waals surface area contributed by atoms with Crippen LogP contribution in [0.5, 0.6) is 0 Å². The molecule has 2 unspecified atom stereocenters. The smallest absolute Gasteiger partial charge is 0.345 e. The van der Waals surface area contributed by atoms with E-state index in [0.717, 1.165) is 19.4 Å². The Bertz CT molecular complexity index is 373. The lowest BCUT2D eigenvalue weighted by Crippen LogP contribution is -2.42. The Balaban J connectivity index is 1.83. The highest BCUT2D eigenvalue weighted by Gasteiger charge is 2.41. The molecular formula is C11H16F3N3O2. The van der Waals surface area contributed by atoms with Crippen LogP contribution >= 0.6 is 0 Å². The third-order valence-electron chi connectivity index (χ3n) is 3.45. The van der Waals surface area contributed by atoms with Gasteiger partial charge in [-0.2, -0.15) is 13.2 Å². The number of piperidine rings is 1. The molecule has 2 rings (SSSR count). The molecule has 8 heteroatoms. The van der Waals surface area contributed by atoms with Gasteiger partial charge in [0.25, 0.3) is 0 Å². The molecule has 2 fully saturated rings. The minimum absolute atomic E-state index is 0.0247. The number of amides is 2. The molecule has 0 radical (unpaired) electrons. The Morgan fingerprint density at radius 3 is 2.84 bits per heavy atom. The van der Waals surface area contributed by atoms with Crippen LogP contribution < -0.4 is 10.6 Å². The zero-order valence-corrected chi connectivity index (χ0v) is 10.3. The SMILES string of the molecule is O=C(CN1CC2NCCCC2C1=O)NCC(F)(F)F. The summed E-state index contributed by atoms with van der Waals surface area (Å²) >= 11 is 0. The Labute approximate surface area is 108 Å². The second-order valence-electron chi connectivity index (χ2n) is 4.92. The molecule has 19 heavy (non-hydrogen) atoms. The van der Waals surface area contributed by atoms with Gasteiger partial charge >= 0.3 is 6.18 Å². The van der Waals surface area contributed by atoms with Crippen LogP contribution in [0.15, 0.2) is 0 Å². The van der Waals surface area contributed by atoms with E-state index in [1.807, 2.05) is 0 Å². The Hall–Kier alpha value is -1.31. The molecule has 0 spiro atoms. The molecule has 0 aliphatic carbocycles. The number of nitrogens with zero attached hydrogens (tertiary/aromatic N) is 1. The zero-order chi connectivity index (χ0) is 14.0. The molecule has 0 bridgehead atoms. The number of carbonyl (C=O) groups is 2. The van der Waals surface area contributed by atoms with Gasteiger partial charge in [0.15, 0.2) is 0 Å². The number of fused-ring (bicyclic) bond motifs is 1. The summed E-state index contributed by atoms with van der Waals surface area (Å²) in [4.78, 5) is 24.7. The van der Waals surface area contributed by atoms with E-state index >= 15 is 0 Å². The number of halogens is 3. The summed E-state index contributed by atoms with van der Waals surface area (Å²) in [5, 5.41) is 4.97. The fraction of sp³-hybridized carbons (Fsp3) is 0.818. The van der Waals surface area contributed by atoms with Crippen molar-refractivity contribution in [1.29, 1.82) is 0 Å². The molecule has 2 N–H and O–H groups in total. The van der Waals surface area contributed by atoms with Crippen molar-refractivity contribution in [1.82, 2.24) is 15.5 Å². The summed E-state index contributed by atoms with van der Waals surface area (Å²) in [7, 11) is 0. The van der Waals surface area contributed by atoms with Crippen molar-refractivity contribution >= 4 is 11.8 Å². The molecular weight excluding hydrogens is 263 g/mol. The first kappa shape index (κ1) is 14.1. The van der Waals surface area contributed by atoms with Gasteiger partial charge in [0.2, 0.25) is 11.8 Å². The van der Waals surface area contributed by atoms with Crippen molar-refractivity contribution in [3.05, 3.63) is 0 Å². The lowest BCUT2D eigenvalue weighted by atomic mass is 9.94. The number of alkyl halides is 3. The molecule has 2 amide bonds. The van der Waals surface area contributed by atoms with Crippen LogP contribution in [0.4, 0.5) is 13.2 Å². The molecule has 108 valence electrons. The van der Waals surface area contributed by atoms with Crippen LogP contribution in [0.25, 0.3) is 0 Å². The maximum Gasteiger partial charge on any atom is 0.405 e. The van der Waals surface area contributed by atoms with Crippen molar-refractivity contribution in [2.45, 2.75) is 25.1 Å². The van der Waals surface area contributed by atoms with Gasteiger partial charge in [-0.25, -0.2) is 0 Å². The van der Waals surface area contributed by atoms with Crippen molar-refractivity contribution in [3.8, 4) is 0 Å². The van der Waals surface area contributed by atoms with E-state index in [0.29, 0.717) is 6.54 Å². The monoisotopic (exact) mass is 279 g/mol. The number of hydrogen-bond donors (Lipinski definition) is 2. The maximum absolute atomic E-state index is 12.0. The largest absolute Gasteiger partial charge is 0.405 e. The average molecular weight is 279 g/mol. The quantitative estimate of drug-likeness (QED) is 0.757. The van der Waals surface area contributed by atoms with E-state index < -0.39 is 18.6 Å². The van der Waals surface area contributed by atoms with Gasteiger partial charge in [0.05, 0.1) is 12.5 Å². The summed E-state index contributed by atoms with van der Waals surface area (Å²) in [6, 6.07) is 0.0247. The first-order valence-electron chi connectivity index (χ1n) is 6.22. The van der Waals surface area contributed by atoms with Crippen LogP contribution in [0, 0.1) is 5.92 Å². The third kappa shape index (κ3) is 3.59. The highest BCUT2D eigenvalue weighted by molar-refractivity contribution is 5.88. The number of nitrogens with one attached hydrogen (secondary N) is 2. The van der Waals surface area contributed by atoms with Gasteiger partial charge in [-0.15, -0.1) is 0 Å². The van der Waals surface area contributed by atoms with Gasteiger partial charge in [0, 0.05) is 12.6 Å². The van der Waals surface area contributed by atoms with Gasteiger partial charge in [-0.1, -0.05) is 0 Å². The van der Waals surface area contributed by atoms with E-state index in [1.54, 1.807) is 5.32 Å². The fourth-order valence-electron chi connectivity index (χ4n) is 2.57. The van der Waals surface area contributed by atoms with Crippen LogP contribution in [0.2, 0.25) is 0 Å². The first-order valence-corrected chi connectivity index (χ1v) is 6.22. The molecule has 0 aromatic rings. The summed E-state index contributed by atoms with van der Waals surface area (Å²) < 4.78 is 35.8. The Morgan fingerprint density at radius 1 is 1.47 bits per heavy atom. The van der Waals surface area contributed by atoms with Crippen molar-refractivity contribution < 1.29 is 22.8 Å². The van der Waals surface area contributed by atoms with Crippen LogP contribution in [0.3, 0.4) is 0 Å². The van der Waals surface area contributed by atoms with E-state index in [1.165, 1.54) is 4.90 Å². The number of rotatable bonds is 3. The molecule has 2 aliphatic heterocycles. The standard InChI is InChI=1S/C11H16F3N3O2/c12-11(13,14)6-16-9(18)5-17-4-8-7(10(17)19)2-1-3-15-8/h7-8,15H,1-6H2,(H,16,18). The lowest BCUT2D eigenvalue weighted by Gasteiger charge is -2.23. The molecule has 2 atom stereocenters. The predicted octanol–water partition coefficient (Wildman–Crippen LogP) is -0.125. The molecule has 2 aliphatic rings. The molecule has 0 aromatic carbocycles. The van der Waals surface area contributed by atoms with Gasteiger partial charge in [-0.05, 0) is 19.4 Å². The van der Waals surface area contributed by atoms with E-state index in [-0.39, 0.29) is 24.4 Å². The van der Waals surface area contributed by atoms with Gasteiger partial charge in [0.1, 0.15) is 6.54 Å². The number of likely N-dealkylation sites (tertiary alicyclic amines) is 1. The average Bonchev–Trinajstić information content (AvgIpc) is 2.64. The van der Waals surface area contributed by atoms with Crippen LogP contribution in [-0.2, 0) is 9.59 Å². The zero-order valence-electron chi connectivity index (χ0n) is 10.3. The second-order valence-corrected chi connectivity index (χ2v) is 4.92. The highest BCUT2D eigenvalue weighted by atomic mass is 19.4. The van der Waals surface area contributed by atoms with Crippen LogP contribution in [-0.4, -0.2) is 55.1 Å². The molecule has 5 nitrogen and oxygen atoms in total. The highest BCUT2D eigenvalue weighted by Crippen LogP contribution is 2.25. The summed E-state index contributed by atoms with van der Waals surface area (Å²) in [6.45, 7) is -0.436. The summed E-state index contributed by atoms with van der Waals surface area (Å²) in [6.07, 6.45) is -2.75. The fourth-order valence-corrected chi connectivity index (χ4v) is 2.57. The number of carbonyl (C=O) groups excluding carboxylic acids is 2. The second kappa shape index (κ2) is 5.36. The van der Waals surface area contributed by atoms with Crippen molar-refractivity contribution in [3.63, 3.8) is 0 Å². The topological polar surface area (TPSA) is 61.4 Å². The van der Waals surface area contributed by atoms with E-state index in [2.05, 4.69) is 5.32 Å². The van der Waals surface area contributed by atoms with Gasteiger partial charge < -0.3 is 15.5 Å². The normalized spacial score (nSPS) is 27.3. The van der Waals surface area contributed by atoms with E-state index in [4.69, 9.17) is 0 Å². The third-order valence-corrected chi connectivity index (χ3v) is 3.45.